The van der Waals surface area contributed by atoms with E-state index in [9.17, 15) is 4.79 Å². The third-order valence-electron chi connectivity index (χ3n) is 5.48. The van der Waals surface area contributed by atoms with Crippen molar-refractivity contribution >= 4 is 34.1 Å². The van der Waals surface area contributed by atoms with Gasteiger partial charge in [0, 0.05) is 18.9 Å². The molecule has 5 aromatic rings. The summed E-state index contributed by atoms with van der Waals surface area (Å²) in [5.74, 6) is 1.67. The normalized spacial score (nSPS) is 16.5. The Labute approximate surface area is 179 Å². The molecule has 0 bridgehead atoms. The van der Waals surface area contributed by atoms with Crippen molar-refractivity contribution in [2.24, 2.45) is 0 Å². The zero-order valence-electron chi connectivity index (χ0n) is 16.1. The Kier molecular flexibility index (Phi) is 3.96. The van der Waals surface area contributed by atoms with Gasteiger partial charge >= 0.3 is 0 Å². The lowest BCUT2D eigenvalue weighted by atomic mass is 10.2. The number of aromatic nitrogens is 9. The topological polar surface area (TPSA) is 123 Å². The van der Waals surface area contributed by atoms with Crippen LogP contribution in [-0.4, -0.2) is 50.6 Å². The summed E-state index contributed by atoms with van der Waals surface area (Å²) in [4.78, 5) is 40.0. The highest BCUT2D eigenvalue weighted by molar-refractivity contribution is 6.33. The zero-order chi connectivity index (χ0) is 20.9. The van der Waals surface area contributed by atoms with Gasteiger partial charge in [-0.25, -0.2) is 34.0 Å². The second-order valence-electron chi connectivity index (χ2n) is 7.17. The van der Waals surface area contributed by atoms with Crippen molar-refractivity contribution in [3.05, 3.63) is 64.7 Å². The Morgan fingerprint density at radius 1 is 1.13 bits per heavy atom. The van der Waals surface area contributed by atoms with E-state index in [2.05, 4.69) is 34.8 Å². The molecule has 0 aromatic carbocycles. The zero-order valence-corrected chi connectivity index (χ0v) is 16.8. The highest BCUT2D eigenvalue weighted by atomic mass is 35.5. The van der Waals surface area contributed by atoms with Gasteiger partial charge in [0.1, 0.15) is 29.5 Å². The van der Waals surface area contributed by atoms with E-state index in [1.165, 1.54) is 21.7 Å². The molecule has 154 valence electrons. The van der Waals surface area contributed by atoms with Gasteiger partial charge in [0.15, 0.2) is 17.3 Å². The molecule has 0 aliphatic carbocycles. The van der Waals surface area contributed by atoms with Crippen LogP contribution in [0.3, 0.4) is 0 Å². The molecule has 1 fully saturated rings. The summed E-state index contributed by atoms with van der Waals surface area (Å²) in [6, 6.07) is 3.11. The quantitative estimate of drug-likeness (QED) is 0.457. The fraction of sp³-hybridized carbons (Fsp3) is 0.211. The number of hydrogen-bond acceptors (Lipinski definition) is 8. The van der Waals surface area contributed by atoms with Crippen molar-refractivity contribution in [3.8, 4) is 5.82 Å². The largest absolute Gasteiger partial charge is 0.344 e. The predicted molar refractivity (Wildman–Crippen MR) is 112 cm³/mol. The number of H-pyrrole nitrogens is 1. The first kappa shape index (κ1) is 18.0. The van der Waals surface area contributed by atoms with Crippen LogP contribution in [0.25, 0.3) is 22.5 Å². The molecule has 1 atom stereocenters. The molecule has 0 radical (unpaired) electrons. The summed E-state index contributed by atoms with van der Waals surface area (Å²) in [7, 11) is 0. The van der Waals surface area contributed by atoms with Gasteiger partial charge in [-0.05, 0) is 25.0 Å². The van der Waals surface area contributed by atoms with E-state index in [1.807, 2.05) is 0 Å². The van der Waals surface area contributed by atoms with Gasteiger partial charge in [-0.3, -0.25) is 4.79 Å². The molecule has 1 aliphatic heterocycles. The van der Waals surface area contributed by atoms with Crippen molar-refractivity contribution in [1.29, 1.82) is 0 Å². The van der Waals surface area contributed by atoms with Crippen LogP contribution in [0, 0.1) is 0 Å². The fourth-order valence-electron chi connectivity index (χ4n) is 4.15. The van der Waals surface area contributed by atoms with Gasteiger partial charge in [0.25, 0.3) is 5.56 Å². The van der Waals surface area contributed by atoms with Crippen molar-refractivity contribution in [2.45, 2.75) is 18.9 Å². The molecule has 5 aromatic heterocycles. The SMILES string of the molecule is O=c1c2c(Cl)ccn2nc([C@@H]2CCCN2c2ncnc3[nH]cnc23)n1-c1ccncn1. The molecular weight excluding hydrogens is 420 g/mol. The summed E-state index contributed by atoms with van der Waals surface area (Å²) in [5, 5.41) is 5.12. The van der Waals surface area contributed by atoms with Gasteiger partial charge < -0.3 is 9.88 Å². The molecule has 31 heavy (non-hydrogen) atoms. The molecule has 0 spiro atoms. The molecule has 12 heteroatoms. The molecule has 6 heterocycles. The Morgan fingerprint density at radius 2 is 2.06 bits per heavy atom. The van der Waals surface area contributed by atoms with Crippen LogP contribution in [0.5, 0.6) is 0 Å². The van der Waals surface area contributed by atoms with Crippen LogP contribution in [0.4, 0.5) is 5.82 Å². The van der Waals surface area contributed by atoms with Crippen molar-refractivity contribution in [3.63, 3.8) is 0 Å². The van der Waals surface area contributed by atoms with Crippen molar-refractivity contribution in [2.75, 3.05) is 11.4 Å². The first-order valence-electron chi connectivity index (χ1n) is 9.69. The van der Waals surface area contributed by atoms with Gasteiger partial charge in [-0.15, -0.1) is 0 Å². The Hall–Kier alpha value is -3.86. The highest BCUT2D eigenvalue weighted by Gasteiger charge is 2.34. The van der Waals surface area contributed by atoms with E-state index in [-0.39, 0.29) is 11.6 Å². The molecule has 11 nitrogen and oxygen atoms in total. The van der Waals surface area contributed by atoms with E-state index in [4.69, 9.17) is 16.7 Å². The number of halogens is 1. The van der Waals surface area contributed by atoms with E-state index in [1.54, 1.807) is 30.9 Å². The minimum atomic E-state index is -0.293. The lowest BCUT2D eigenvalue weighted by Gasteiger charge is -2.27. The lowest BCUT2D eigenvalue weighted by Crippen LogP contribution is -2.33. The number of nitrogens with one attached hydrogen (secondary N) is 1. The van der Waals surface area contributed by atoms with Crippen LogP contribution in [-0.2, 0) is 0 Å². The molecular formula is C19H15ClN10O. The molecule has 0 unspecified atom stereocenters. The minimum Gasteiger partial charge on any atom is -0.344 e. The second kappa shape index (κ2) is 6.84. The van der Waals surface area contributed by atoms with E-state index >= 15 is 0 Å². The Bertz CT molecular complexity index is 1470. The highest BCUT2D eigenvalue weighted by Crippen LogP contribution is 2.36. The summed E-state index contributed by atoms with van der Waals surface area (Å²) in [6.07, 6.45) is 9.47. The number of imidazole rings is 1. The molecule has 1 saturated heterocycles. The molecule has 0 saturated carbocycles. The molecule has 1 N–H and O–H groups in total. The fourth-order valence-corrected chi connectivity index (χ4v) is 4.38. The van der Waals surface area contributed by atoms with Crippen LogP contribution >= 0.6 is 11.6 Å². The van der Waals surface area contributed by atoms with Crippen LogP contribution in [0.1, 0.15) is 24.7 Å². The average Bonchev–Trinajstić information content (AvgIpc) is 3.53. The molecule has 0 amide bonds. The number of rotatable bonds is 3. The number of nitrogens with zero attached hydrogens (tertiary/aromatic N) is 9. The standard InChI is InChI=1S/C19H15ClN10O/c20-11-4-7-29-15(11)19(31)30(13-3-5-21-8-22-13)17(27-29)12-2-1-6-28(12)18-14-16(24-9-23-14)25-10-26-18/h3-5,7-10,12H,1-2,6H2,(H,23,24,25,26)/t12-/m0/s1. The van der Waals surface area contributed by atoms with Gasteiger partial charge in [-0.1, -0.05) is 11.6 Å². The smallest absolute Gasteiger partial charge is 0.285 e. The first-order valence-corrected chi connectivity index (χ1v) is 10.1. The third-order valence-corrected chi connectivity index (χ3v) is 5.78. The van der Waals surface area contributed by atoms with Crippen LogP contribution in [0.15, 0.2) is 48.3 Å². The van der Waals surface area contributed by atoms with Crippen LogP contribution < -0.4 is 10.5 Å². The van der Waals surface area contributed by atoms with Gasteiger partial charge in [0.2, 0.25) is 0 Å². The van der Waals surface area contributed by atoms with Gasteiger partial charge in [-0.2, -0.15) is 5.10 Å². The second-order valence-corrected chi connectivity index (χ2v) is 7.58. The summed E-state index contributed by atoms with van der Waals surface area (Å²) >= 11 is 6.28. The summed E-state index contributed by atoms with van der Waals surface area (Å²) < 4.78 is 3.03. The number of hydrogen-bond donors (Lipinski definition) is 1. The monoisotopic (exact) mass is 434 g/mol. The number of fused-ring (bicyclic) bond motifs is 2. The van der Waals surface area contributed by atoms with Crippen molar-refractivity contribution < 1.29 is 0 Å². The van der Waals surface area contributed by atoms with E-state index in [0.29, 0.717) is 39.2 Å². The summed E-state index contributed by atoms with van der Waals surface area (Å²) in [6.45, 7) is 0.744. The number of aromatic amines is 1. The molecule has 6 rings (SSSR count). The van der Waals surface area contributed by atoms with Gasteiger partial charge in [0.05, 0.1) is 17.4 Å². The average molecular weight is 435 g/mol. The van der Waals surface area contributed by atoms with Crippen LogP contribution in [0.2, 0.25) is 5.02 Å². The molecule has 1 aliphatic rings. The maximum Gasteiger partial charge on any atom is 0.285 e. The lowest BCUT2D eigenvalue weighted by molar-refractivity contribution is 0.597. The maximum atomic E-state index is 13.5. The minimum absolute atomic E-state index is 0.219. The van der Waals surface area contributed by atoms with Crippen molar-refractivity contribution in [1.82, 2.24) is 44.1 Å². The summed E-state index contributed by atoms with van der Waals surface area (Å²) in [5.41, 5.74) is 1.34. The number of anilines is 1. The van der Waals surface area contributed by atoms with E-state index in [0.717, 1.165) is 19.4 Å². The first-order chi connectivity index (χ1) is 15.2. The predicted octanol–water partition coefficient (Wildman–Crippen LogP) is 1.94. The Morgan fingerprint density at radius 3 is 2.94 bits per heavy atom. The Balaban J connectivity index is 1.60. The third kappa shape index (κ3) is 2.70. The van der Waals surface area contributed by atoms with E-state index < -0.39 is 0 Å². The maximum absolute atomic E-state index is 13.5.